The molecule has 0 aliphatic carbocycles. The first-order valence-corrected chi connectivity index (χ1v) is 8.57. The zero-order valence-corrected chi connectivity index (χ0v) is 15.0. The molecule has 0 unspecified atom stereocenters. The van der Waals surface area contributed by atoms with Crippen molar-refractivity contribution in [2.24, 2.45) is 0 Å². The molecule has 0 saturated heterocycles. The van der Waals surface area contributed by atoms with Crippen molar-refractivity contribution in [3.8, 4) is 11.1 Å². The minimum Gasteiger partial charge on any atom is -0.290 e. The second-order valence-corrected chi connectivity index (χ2v) is 6.37. The van der Waals surface area contributed by atoms with E-state index in [1.165, 1.54) is 23.1 Å². The number of benzene rings is 1. The number of ketones is 1. The average molecular weight is 418 g/mol. The molecule has 0 fully saturated rings. The monoisotopic (exact) mass is 418 g/mol. The third-order valence-corrected chi connectivity index (χ3v) is 4.42. The summed E-state index contributed by atoms with van der Waals surface area (Å²) in [5.74, 6) is -3.78. The highest BCUT2D eigenvalue weighted by Crippen LogP contribution is 2.29. The van der Waals surface area contributed by atoms with Crippen molar-refractivity contribution in [2.75, 3.05) is 0 Å². The fraction of sp³-hybridized carbons (Fsp3) is 0.100. The van der Waals surface area contributed by atoms with Crippen LogP contribution in [-0.4, -0.2) is 25.5 Å². The lowest BCUT2D eigenvalue weighted by atomic mass is 10.0. The number of carbonyl (C=O) groups excluding carboxylic acids is 1. The number of alkyl halides is 2. The number of aromatic nitrogens is 4. The Morgan fingerprint density at radius 2 is 1.73 bits per heavy atom. The Hall–Kier alpha value is -3.69. The van der Waals surface area contributed by atoms with E-state index in [1.807, 2.05) is 0 Å². The molecule has 4 aromatic rings. The van der Waals surface area contributed by atoms with Crippen molar-refractivity contribution >= 4 is 16.8 Å². The van der Waals surface area contributed by atoms with Crippen LogP contribution in [0.2, 0.25) is 0 Å². The van der Waals surface area contributed by atoms with E-state index in [0.717, 1.165) is 18.3 Å². The minimum absolute atomic E-state index is 0.298. The Morgan fingerprint density at radius 3 is 2.47 bits per heavy atom. The number of fused-ring (bicyclic) bond motifs is 1. The van der Waals surface area contributed by atoms with Crippen LogP contribution >= 0.6 is 0 Å². The molecule has 0 atom stereocenters. The lowest BCUT2D eigenvalue weighted by Crippen LogP contribution is -2.15. The molecule has 0 aliphatic heterocycles. The van der Waals surface area contributed by atoms with Gasteiger partial charge >= 0.3 is 0 Å². The van der Waals surface area contributed by atoms with Crippen LogP contribution in [0.25, 0.3) is 22.2 Å². The Morgan fingerprint density at radius 1 is 0.933 bits per heavy atom. The van der Waals surface area contributed by atoms with E-state index >= 15 is 0 Å². The molecule has 1 aromatic carbocycles. The molecule has 152 valence electrons. The first kappa shape index (κ1) is 19.6. The molecule has 0 bridgehead atoms. The Kier molecular flexibility index (Phi) is 4.98. The van der Waals surface area contributed by atoms with Gasteiger partial charge in [-0.15, -0.1) is 0 Å². The van der Waals surface area contributed by atoms with E-state index in [-0.39, 0.29) is 0 Å². The maximum absolute atomic E-state index is 13.8. The lowest BCUT2D eigenvalue weighted by Gasteiger charge is -2.08. The third kappa shape index (κ3) is 3.63. The minimum atomic E-state index is -2.98. The average Bonchev–Trinajstić information content (AvgIpc) is 3.10. The van der Waals surface area contributed by atoms with Gasteiger partial charge in [-0.1, -0.05) is 6.07 Å². The van der Waals surface area contributed by atoms with Crippen LogP contribution in [0.4, 0.5) is 22.0 Å². The van der Waals surface area contributed by atoms with Gasteiger partial charge in [-0.2, -0.15) is 5.10 Å². The molecule has 0 radical (unpaired) electrons. The number of nitrogens with zero attached hydrogens (tertiary/aromatic N) is 4. The predicted molar refractivity (Wildman–Crippen MR) is 96.4 cm³/mol. The maximum atomic E-state index is 13.8. The molecule has 0 amide bonds. The van der Waals surface area contributed by atoms with Crippen LogP contribution in [0.1, 0.15) is 22.5 Å². The highest BCUT2D eigenvalue weighted by atomic mass is 19.3. The quantitative estimate of drug-likeness (QED) is 0.347. The molecule has 0 saturated carbocycles. The summed E-state index contributed by atoms with van der Waals surface area (Å²) in [7, 11) is 0. The van der Waals surface area contributed by atoms with Gasteiger partial charge in [0.15, 0.2) is 5.82 Å². The smallest absolute Gasteiger partial charge is 0.266 e. The van der Waals surface area contributed by atoms with Crippen LogP contribution < -0.4 is 0 Å². The van der Waals surface area contributed by atoms with Crippen LogP contribution in [-0.2, 0) is 6.54 Å². The molecule has 4 rings (SSSR count). The first-order chi connectivity index (χ1) is 14.3. The van der Waals surface area contributed by atoms with Gasteiger partial charge in [0, 0.05) is 17.8 Å². The first-order valence-electron chi connectivity index (χ1n) is 8.57. The summed E-state index contributed by atoms with van der Waals surface area (Å²) in [6, 6.07) is 5.38. The van der Waals surface area contributed by atoms with Gasteiger partial charge in [-0.25, -0.2) is 26.9 Å². The normalized spacial score (nSPS) is 11.4. The SMILES string of the molecule is O=C(Cn1ncc2ncc(-c3ccc(F)c(C(F)F)c3)cc21)c1ncc(F)cc1F. The summed E-state index contributed by atoms with van der Waals surface area (Å²) < 4.78 is 67.6. The molecular weight excluding hydrogens is 407 g/mol. The van der Waals surface area contributed by atoms with Crippen molar-refractivity contribution < 1.29 is 26.7 Å². The number of pyridine rings is 2. The molecular formula is C20H11F5N4O. The number of Topliss-reactive ketones (excluding diaryl/α,β-unsaturated/α-hetero) is 1. The van der Waals surface area contributed by atoms with Gasteiger partial charge in [0.1, 0.15) is 29.4 Å². The van der Waals surface area contributed by atoms with E-state index in [0.29, 0.717) is 28.2 Å². The third-order valence-electron chi connectivity index (χ3n) is 4.42. The number of rotatable bonds is 5. The fourth-order valence-electron chi connectivity index (χ4n) is 2.96. The summed E-state index contributed by atoms with van der Waals surface area (Å²) in [4.78, 5) is 20.0. The predicted octanol–water partition coefficient (Wildman–Crippen LogP) is 4.73. The molecule has 10 heteroatoms. The van der Waals surface area contributed by atoms with Crippen LogP contribution in [0.15, 0.2) is 48.9 Å². The van der Waals surface area contributed by atoms with E-state index in [2.05, 4.69) is 15.1 Å². The number of carbonyl (C=O) groups is 1. The fourth-order valence-corrected chi connectivity index (χ4v) is 2.96. The van der Waals surface area contributed by atoms with Gasteiger partial charge in [-0.3, -0.25) is 14.5 Å². The molecule has 3 heterocycles. The van der Waals surface area contributed by atoms with Crippen molar-refractivity contribution in [3.05, 3.63) is 77.6 Å². The van der Waals surface area contributed by atoms with Crippen molar-refractivity contribution in [3.63, 3.8) is 0 Å². The Balaban J connectivity index is 1.70. The van der Waals surface area contributed by atoms with Crippen molar-refractivity contribution in [1.29, 1.82) is 0 Å². The molecule has 3 aromatic heterocycles. The largest absolute Gasteiger partial charge is 0.290 e. The summed E-state index contributed by atoms with van der Waals surface area (Å²) in [5.41, 5.74) is 0.177. The highest BCUT2D eigenvalue weighted by Gasteiger charge is 2.18. The second kappa shape index (κ2) is 7.62. The van der Waals surface area contributed by atoms with Crippen LogP contribution in [0.3, 0.4) is 0 Å². The lowest BCUT2D eigenvalue weighted by molar-refractivity contribution is 0.0959. The Bertz CT molecular complexity index is 1270. The van der Waals surface area contributed by atoms with E-state index < -0.39 is 47.5 Å². The number of hydrogen-bond donors (Lipinski definition) is 0. The topological polar surface area (TPSA) is 60.7 Å². The number of hydrogen-bond acceptors (Lipinski definition) is 4. The van der Waals surface area contributed by atoms with Crippen LogP contribution in [0, 0.1) is 17.5 Å². The van der Waals surface area contributed by atoms with Crippen molar-refractivity contribution in [1.82, 2.24) is 19.7 Å². The zero-order valence-electron chi connectivity index (χ0n) is 15.0. The summed E-state index contributed by atoms with van der Waals surface area (Å²) in [5, 5.41) is 4.03. The van der Waals surface area contributed by atoms with Gasteiger partial charge < -0.3 is 0 Å². The molecule has 0 N–H and O–H groups in total. The van der Waals surface area contributed by atoms with Crippen LogP contribution in [0.5, 0.6) is 0 Å². The summed E-state index contributed by atoms with van der Waals surface area (Å²) in [6.45, 7) is -0.407. The highest BCUT2D eigenvalue weighted by molar-refractivity contribution is 5.95. The van der Waals surface area contributed by atoms with Gasteiger partial charge in [0.05, 0.1) is 23.5 Å². The summed E-state index contributed by atoms with van der Waals surface area (Å²) in [6.07, 6.45) is 0.519. The van der Waals surface area contributed by atoms with E-state index in [4.69, 9.17) is 0 Å². The van der Waals surface area contributed by atoms with Gasteiger partial charge in [-0.05, 0) is 23.8 Å². The van der Waals surface area contributed by atoms with E-state index in [1.54, 1.807) is 6.07 Å². The van der Waals surface area contributed by atoms with E-state index in [9.17, 15) is 26.7 Å². The molecule has 0 spiro atoms. The standard InChI is InChI=1S/C20H11F5N4O/c21-12-5-15(23)19(27-7-12)18(30)9-29-17-4-11(6-26-16(17)8-28-29)10-1-2-14(22)13(3-10)20(24)25/h1-8,20H,9H2. The molecule has 0 aliphatic rings. The maximum Gasteiger partial charge on any atom is 0.266 e. The Labute approximate surface area is 165 Å². The van der Waals surface area contributed by atoms with Gasteiger partial charge in [0.2, 0.25) is 5.78 Å². The molecule has 30 heavy (non-hydrogen) atoms. The summed E-state index contributed by atoms with van der Waals surface area (Å²) >= 11 is 0. The van der Waals surface area contributed by atoms with Gasteiger partial charge in [0.25, 0.3) is 6.43 Å². The zero-order chi connectivity index (χ0) is 21.4. The van der Waals surface area contributed by atoms with Crippen molar-refractivity contribution in [2.45, 2.75) is 13.0 Å². The second-order valence-electron chi connectivity index (χ2n) is 6.37. The molecule has 5 nitrogen and oxygen atoms in total. The number of halogens is 5.